The van der Waals surface area contributed by atoms with E-state index in [0.29, 0.717) is 10.0 Å². The van der Waals surface area contributed by atoms with Gasteiger partial charge in [0.1, 0.15) is 6.04 Å². The van der Waals surface area contributed by atoms with Gasteiger partial charge in [-0.1, -0.05) is 36.2 Å². The first-order chi connectivity index (χ1) is 7.47. The molecule has 3 nitrogen and oxygen atoms in total. The lowest BCUT2D eigenvalue weighted by Crippen LogP contribution is -2.36. The summed E-state index contributed by atoms with van der Waals surface area (Å²) in [6, 6.07) is 4.47. The molecule has 0 bridgehead atoms. The van der Waals surface area contributed by atoms with Crippen molar-refractivity contribution in [2.45, 2.75) is 18.9 Å². The molecule has 0 aliphatic carbocycles. The fraction of sp³-hybridized carbons (Fsp3) is 0.364. The van der Waals surface area contributed by atoms with E-state index in [1.165, 1.54) is 7.11 Å². The third-order valence-electron chi connectivity index (χ3n) is 2.48. The summed E-state index contributed by atoms with van der Waals surface area (Å²) < 4.78 is 4.59. The number of carbonyl (C=O) groups is 1. The van der Waals surface area contributed by atoms with Crippen molar-refractivity contribution in [1.29, 1.82) is 0 Å². The number of carbonyl (C=O) groups excluding carboxylic acids is 1. The van der Waals surface area contributed by atoms with Crippen LogP contribution in [0.4, 0.5) is 0 Å². The van der Waals surface area contributed by atoms with Gasteiger partial charge < -0.3 is 10.5 Å². The van der Waals surface area contributed by atoms with Crippen LogP contribution in [-0.2, 0) is 9.53 Å². The Balaban J connectivity index is 2.91. The SMILES string of the molecule is COC(=O)[C@@H](N)[C@H](C)c1ccc(Cl)c(Cl)c1. The molecule has 0 heterocycles. The van der Waals surface area contributed by atoms with Crippen LogP contribution >= 0.6 is 23.2 Å². The average molecular weight is 262 g/mol. The molecule has 2 atom stereocenters. The predicted octanol–water partition coefficient (Wildman–Crippen LogP) is 2.60. The second-order valence-corrected chi connectivity index (χ2v) is 4.33. The number of esters is 1. The first-order valence-electron chi connectivity index (χ1n) is 4.75. The molecule has 0 aliphatic heterocycles. The van der Waals surface area contributed by atoms with Crippen LogP contribution < -0.4 is 5.73 Å². The molecule has 16 heavy (non-hydrogen) atoms. The quantitative estimate of drug-likeness (QED) is 0.852. The maximum absolute atomic E-state index is 11.3. The molecule has 1 aromatic rings. The summed E-state index contributed by atoms with van der Waals surface area (Å²) in [7, 11) is 1.31. The van der Waals surface area contributed by atoms with Gasteiger partial charge in [-0.05, 0) is 17.7 Å². The van der Waals surface area contributed by atoms with E-state index < -0.39 is 12.0 Å². The standard InChI is InChI=1S/C11H13Cl2NO2/c1-6(10(14)11(15)16-2)7-3-4-8(12)9(13)5-7/h3-6,10H,14H2,1-2H3/t6-,10+/m1/s1. The molecule has 5 heteroatoms. The number of ether oxygens (including phenoxy) is 1. The Labute approximate surface area is 104 Å². The Hall–Kier alpha value is -0.770. The van der Waals surface area contributed by atoms with E-state index in [9.17, 15) is 4.79 Å². The summed E-state index contributed by atoms with van der Waals surface area (Å²) in [5, 5.41) is 0.923. The van der Waals surface area contributed by atoms with Crippen molar-refractivity contribution < 1.29 is 9.53 Å². The highest BCUT2D eigenvalue weighted by Gasteiger charge is 2.23. The van der Waals surface area contributed by atoms with Gasteiger partial charge in [0.15, 0.2) is 0 Å². The van der Waals surface area contributed by atoms with Crippen molar-refractivity contribution in [3.63, 3.8) is 0 Å². The smallest absolute Gasteiger partial charge is 0.323 e. The summed E-state index contributed by atoms with van der Waals surface area (Å²) in [5.74, 6) is -0.624. The molecule has 2 N–H and O–H groups in total. The van der Waals surface area contributed by atoms with Gasteiger partial charge in [0.05, 0.1) is 17.2 Å². The number of hydrogen-bond donors (Lipinski definition) is 1. The van der Waals surface area contributed by atoms with Gasteiger partial charge in [-0.2, -0.15) is 0 Å². The highest BCUT2D eigenvalue weighted by Crippen LogP contribution is 2.27. The Bertz CT molecular complexity index is 396. The van der Waals surface area contributed by atoms with E-state index in [1.54, 1.807) is 18.2 Å². The van der Waals surface area contributed by atoms with Crippen LogP contribution in [-0.4, -0.2) is 19.1 Å². The molecule has 0 fully saturated rings. The largest absolute Gasteiger partial charge is 0.468 e. The third kappa shape index (κ3) is 2.88. The summed E-state index contributed by atoms with van der Waals surface area (Å²) in [5.41, 5.74) is 6.59. The van der Waals surface area contributed by atoms with Crippen molar-refractivity contribution >= 4 is 29.2 Å². The fourth-order valence-electron chi connectivity index (χ4n) is 1.34. The van der Waals surface area contributed by atoms with Gasteiger partial charge in [0.25, 0.3) is 0 Å². The van der Waals surface area contributed by atoms with Crippen LogP contribution in [0.1, 0.15) is 18.4 Å². The molecule has 0 saturated heterocycles. The third-order valence-corrected chi connectivity index (χ3v) is 3.22. The predicted molar refractivity (Wildman–Crippen MR) is 64.9 cm³/mol. The minimum absolute atomic E-state index is 0.179. The summed E-state index contributed by atoms with van der Waals surface area (Å²) in [6.45, 7) is 1.83. The van der Waals surface area contributed by atoms with Gasteiger partial charge in [0.2, 0.25) is 0 Å². The number of halogens is 2. The van der Waals surface area contributed by atoms with Gasteiger partial charge in [-0.3, -0.25) is 4.79 Å². The van der Waals surface area contributed by atoms with Crippen LogP contribution in [0.5, 0.6) is 0 Å². The average Bonchev–Trinajstić information content (AvgIpc) is 2.29. The minimum atomic E-state index is -0.706. The summed E-state index contributed by atoms with van der Waals surface area (Å²) in [6.07, 6.45) is 0. The Kier molecular flexibility index (Phi) is 4.59. The van der Waals surface area contributed by atoms with Gasteiger partial charge >= 0.3 is 5.97 Å². The number of rotatable bonds is 3. The van der Waals surface area contributed by atoms with Crippen LogP contribution in [0.3, 0.4) is 0 Å². The Morgan fingerprint density at radius 3 is 2.50 bits per heavy atom. The number of methoxy groups -OCH3 is 1. The van der Waals surface area contributed by atoms with E-state index in [2.05, 4.69) is 4.74 Å². The first kappa shape index (κ1) is 13.3. The molecule has 88 valence electrons. The molecule has 0 aromatic heterocycles. The highest BCUT2D eigenvalue weighted by atomic mass is 35.5. The second kappa shape index (κ2) is 5.53. The zero-order valence-corrected chi connectivity index (χ0v) is 10.5. The van der Waals surface area contributed by atoms with Crippen molar-refractivity contribution in [2.24, 2.45) is 5.73 Å². The Morgan fingerprint density at radius 1 is 1.38 bits per heavy atom. The van der Waals surface area contributed by atoms with E-state index in [4.69, 9.17) is 28.9 Å². The van der Waals surface area contributed by atoms with Crippen molar-refractivity contribution in [1.82, 2.24) is 0 Å². The van der Waals surface area contributed by atoms with Crippen LogP contribution in [0.2, 0.25) is 10.0 Å². The maximum atomic E-state index is 11.3. The monoisotopic (exact) mass is 261 g/mol. The molecule has 0 amide bonds. The van der Waals surface area contributed by atoms with Gasteiger partial charge in [-0.15, -0.1) is 0 Å². The van der Waals surface area contributed by atoms with Crippen molar-refractivity contribution in [3.05, 3.63) is 33.8 Å². The summed E-state index contributed by atoms with van der Waals surface area (Å²) in [4.78, 5) is 11.3. The number of benzene rings is 1. The van der Waals surface area contributed by atoms with E-state index >= 15 is 0 Å². The van der Waals surface area contributed by atoms with Crippen LogP contribution in [0, 0.1) is 0 Å². The summed E-state index contributed by atoms with van der Waals surface area (Å²) >= 11 is 11.7. The molecular formula is C11H13Cl2NO2. The lowest BCUT2D eigenvalue weighted by Gasteiger charge is -2.18. The number of hydrogen-bond acceptors (Lipinski definition) is 3. The topological polar surface area (TPSA) is 52.3 Å². The second-order valence-electron chi connectivity index (χ2n) is 3.51. The zero-order chi connectivity index (χ0) is 12.3. The van der Waals surface area contributed by atoms with Crippen LogP contribution in [0.15, 0.2) is 18.2 Å². The molecule has 0 unspecified atom stereocenters. The van der Waals surface area contributed by atoms with E-state index in [-0.39, 0.29) is 5.92 Å². The molecular weight excluding hydrogens is 249 g/mol. The molecule has 1 rings (SSSR count). The first-order valence-corrected chi connectivity index (χ1v) is 5.51. The Morgan fingerprint density at radius 2 is 2.00 bits per heavy atom. The fourth-order valence-corrected chi connectivity index (χ4v) is 1.65. The maximum Gasteiger partial charge on any atom is 0.323 e. The molecule has 1 aromatic carbocycles. The number of nitrogens with two attached hydrogens (primary N) is 1. The lowest BCUT2D eigenvalue weighted by molar-refractivity contribution is -0.142. The lowest BCUT2D eigenvalue weighted by atomic mass is 9.94. The van der Waals surface area contributed by atoms with E-state index in [1.807, 2.05) is 6.92 Å². The van der Waals surface area contributed by atoms with E-state index in [0.717, 1.165) is 5.56 Å². The molecule has 0 aliphatic rings. The van der Waals surface area contributed by atoms with Gasteiger partial charge in [0, 0.05) is 5.92 Å². The highest BCUT2D eigenvalue weighted by molar-refractivity contribution is 6.42. The normalized spacial score (nSPS) is 14.3. The van der Waals surface area contributed by atoms with Crippen molar-refractivity contribution in [2.75, 3.05) is 7.11 Å². The zero-order valence-electron chi connectivity index (χ0n) is 9.04. The van der Waals surface area contributed by atoms with Crippen LogP contribution in [0.25, 0.3) is 0 Å². The minimum Gasteiger partial charge on any atom is -0.468 e. The molecule has 0 radical (unpaired) electrons. The molecule has 0 spiro atoms. The van der Waals surface area contributed by atoms with Gasteiger partial charge in [-0.25, -0.2) is 0 Å². The molecule has 0 saturated carbocycles. The van der Waals surface area contributed by atoms with Crippen molar-refractivity contribution in [3.8, 4) is 0 Å².